The first-order chi connectivity index (χ1) is 16.1. The molecule has 5 rings (SSSR count). The summed E-state index contributed by atoms with van der Waals surface area (Å²) in [4.78, 5) is 27.6. The first-order valence-corrected chi connectivity index (χ1v) is 12.5. The Morgan fingerprint density at radius 2 is 1.82 bits per heavy atom. The number of halogens is 1. The van der Waals surface area contributed by atoms with Crippen LogP contribution in [0.1, 0.15) is 12.8 Å². The number of rotatable bonds is 7. The van der Waals surface area contributed by atoms with Gasteiger partial charge in [0.25, 0.3) is 0 Å². The van der Waals surface area contributed by atoms with Crippen LogP contribution < -0.4 is 10.2 Å². The fourth-order valence-corrected chi connectivity index (χ4v) is 5.74. The summed E-state index contributed by atoms with van der Waals surface area (Å²) in [5, 5.41) is 6.31. The van der Waals surface area contributed by atoms with Crippen LogP contribution in [0.25, 0.3) is 21.0 Å². The van der Waals surface area contributed by atoms with Crippen LogP contribution in [0, 0.1) is 5.92 Å². The molecule has 5 nitrogen and oxygen atoms in total. The van der Waals surface area contributed by atoms with Gasteiger partial charge < -0.3 is 10.2 Å². The summed E-state index contributed by atoms with van der Waals surface area (Å²) in [7, 11) is 0. The highest BCUT2D eigenvalue weighted by molar-refractivity contribution is 7.16. The number of thiazole rings is 1. The van der Waals surface area contributed by atoms with Gasteiger partial charge in [-0.15, -0.1) is 0 Å². The SMILES string of the molecule is O=C(CNc1cccc2ccccc12)C1CCN(CCn2c(=O)sc3ccc(Cl)cc32)CC1. The second kappa shape index (κ2) is 9.67. The number of Topliss-reactive ketones (excluding diaryl/α,β-unsaturated/α-hetero) is 1. The second-order valence-corrected chi connectivity index (χ2v) is 10.0. The molecule has 1 fully saturated rings. The Morgan fingerprint density at radius 3 is 2.67 bits per heavy atom. The summed E-state index contributed by atoms with van der Waals surface area (Å²) in [5.74, 6) is 0.365. The number of aromatic nitrogens is 1. The minimum absolute atomic E-state index is 0.0526. The van der Waals surface area contributed by atoms with E-state index in [1.165, 1.54) is 16.7 Å². The van der Waals surface area contributed by atoms with Crippen molar-refractivity contribution >= 4 is 55.4 Å². The van der Waals surface area contributed by atoms with Gasteiger partial charge in [0.1, 0.15) is 0 Å². The van der Waals surface area contributed by atoms with Gasteiger partial charge in [-0.25, -0.2) is 0 Å². The maximum absolute atomic E-state index is 12.8. The van der Waals surface area contributed by atoms with Crippen molar-refractivity contribution in [3.8, 4) is 0 Å². The Bertz CT molecular complexity index is 1350. The zero-order valence-electron chi connectivity index (χ0n) is 18.3. The third-order valence-electron chi connectivity index (χ3n) is 6.55. The number of ketones is 1. The molecule has 0 amide bonds. The molecule has 33 heavy (non-hydrogen) atoms. The van der Waals surface area contributed by atoms with Crippen molar-refractivity contribution in [3.05, 3.63) is 75.4 Å². The number of nitrogens with one attached hydrogen (secondary N) is 1. The average molecular weight is 480 g/mol. The Kier molecular flexibility index (Phi) is 6.49. The molecule has 0 radical (unpaired) electrons. The molecular weight excluding hydrogens is 454 g/mol. The van der Waals surface area contributed by atoms with Crippen molar-refractivity contribution in [2.75, 3.05) is 31.5 Å². The van der Waals surface area contributed by atoms with E-state index in [-0.39, 0.29) is 16.6 Å². The molecule has 0 spiro atoms. The lowest BCUT2D eigenvalue weighted by molar-refractivity contribution is -0.122. The molecule has 170 valence electrons. The molecule has 1 aliphatic rings. The molecule has 1 aromatic heterocycles. The van der Waals surface area contributed by atoms with Gasteiger partial charge in [0.2, 0.25) is 0 Å². The highest BCUT2D eigenvalue weighted by Gasteiger charge is 2.24. The third-order valence-corrected chi connectivity index (χ3v) is 7.75. The fourth-order valence-electron chi connectivity index (χ4n) is 4.67. The normalized spacial score (nSPS) is 15.3. The van der Waals surface area contributed by atoms with Crippen molar-refractivity contribution in [2.24, 2.45) is 5.92 Å². The third kappa shape index (κ3) is 4.83. The lowest BCUT2D eigenvalue weighted by Gasteiger charge is -2.31. The van der Waals surface area contributed by atoms with E-state index in [4.69, 9.17) is 11.6 Å². The maximum Gasteiger partial charge on any atom is 0.308 e. The Balaban J connectivity index is 1.14. The van der Waals surface area contributed by atoms with Crippen molar-refractivity contribution in [3.63, 3.8) is 0 Å². The van der Waals surface area contributed by atoms with E-state index in [1.54, 1.807) is 0 Å². The van der Waals surface area contributed by atoms with Crippen LogP contribution in [0.3, 0.4) is 0 Å². The molecular formula is C26H26ClN3O2S. The van der Waals surface area contributed by atoms with Crippen LogP contribution in [0.15, 0.2) is 65.5 Å². The monoisotopic (exact) mass is 479 g/mol. The van der Waals surface area contributed by atoms with Gasteiger partial charge in [-0.05, 0) is 55.6 Å². The molecule has 0 aliphatic carbocycles. The van der Waals surface area contributed by atoms with Gasteiger partial charge in [0, 0.05) is 35.1 Å². The van der Waals surface area contributed by atoms with Crippen LogP contribution in [0.2, 0.25) is 5.02 Å². The molecule has 0 atom stereocenters. The first kappa shape index (κ1) is 22.1. The van der Waals surface area contributed by atoms with Gasteiger partial charge in [-0.3, -0.25) is 14.2 Å². The summed E-state index contributed by atoms with van der Waals surface area (Å²) in [6, 6.07) is 19.9. The van der Waals surface area contributed by atoms with Crippen LogP contribution >= 0.6 is 22.9 Å². The van der Waals surface area contributed by atoms with Crippen LogP contribution in [-0.4, -0.2) is 41.4 Å². The standard InChI is InChI=1S/C26H26ClN3O2S/c27-20-8-9-25-23(16-20)30(26(32)33-25)15-14-29-12-10-19(11-13-29)24(31)17-28-22-7-3-5-18-4-1-2-6-21(18)22/h1-9,16,19,28H,10-15,17H2. The number of carbonyl (C=O) groups excluding carboxylic acids is 1. The zero-order chi connectivity index (χ0) is 22.8. The highest BCUT2D eigenvalue weighted by Crippen LogP contribution is 2.25. The number of benzene rings is 3. The summed E-state index contributed by atoms with van der Waals surface area (Å²) in [5.41, 5.74) is 1.91. The predicted octanol–water partition coefficient (Wildman–Crippen LogP) is 5.26. The Hall–Kier alpha value is -2.67. The minimum atomic E-state index is 0.0526. The second-order valence-electron chi connectivity index (χ2n) is 8.59. The number of likely N-dealkylation sites (tertiary alicyclic amines) is 1. The number of piperidine rings is 1. The minimum Gasteiger partial charge on any atom is -0.377 e. The molecule has 0 bridgehead atoms. The molecule has 0 saturated carbocycles. The van der Waals surface area contributed by atoms with E-state index in [0.717, 1.165) is 53.8 Å². The number of hydrogen-bond donors (Lipinski definition) is 1. The summed E-state index contributed by atoms with van der Waals surface area (Å²) < 4.78 is 2.78. The van der Waals surface area contributed by atoms with Crippen LogP contribution in [-0.2, 0) is 11.3 Å². The van der Waals surface area contributed by atoms with Crippen LogP contribution in [0.4, 0.5) is 5.69 Å². The first-order valence-electron chi connectivity index (χ1n) is 11.3. The molecule has 2 heterocycles. The molecule has 1 saturated heterocycles. The van der Waals surface area contributed by atoms with Gasteiger partial charge in [-0.1, -0.05) is 59.3 Å². The van der Waals surface area contributed by atoms with Crippen molar-refractivity contribution in [1.29, 1.82) is 0 Å². The summed E-state index contributed by atoms with van der Waals surface area (Å²) in [6.07, 6.45) is 1.72. The van der Waals surface area contributed by atoms with E-state index in [2.05, 4.69) is 28.4 Å². The van der Waals surface area contributed by atoms with Crippen molar-refractivity contribution in [1.82, 2.24) is 9.47 Å². The number of fused-ring (bicyclic) bond motifs is 2. The van der Waals surface area contributed by atoms with Gasteiger partial charge >= 0.3 is 4.87 Å². The Labute approximate surface area is 201 Å². The highest BCUT2D eigenvalue weighted by atomic mass is 35.5. The number of nitrogens with zero attached hydrogens (tertiary/aromatic N) is 2. The number of carbonyl (C=O) groups is 1. The number of anilines is 1. The molecule has 3 aromatic carbocycles. The van der Waals surface area contributed by atoms with Crippen LogP contribution in [0.5, 0.6) is 0 Å². The quantitative estimate of drug-likeness (QED) is 0.392. The molecule has 4 aromatic rings. The van der Waals surface area contributed by atoms with E-state index in [0.29, 0.717) is 18.1 Å². The fraction of sp³-hybridized carbons (Fsp3) is 0.308. The summed E-state index contributed by atoms with van der Waals surface area (Å²) in [6.45, 7) is 3.55. The van der Waals surface area contributed by atoms with Crippen molar-refractivity contribution < 1.29 is 4.79 Å². The number of hydrogen-bond acceptors (Lipinski definition) is 5. The van der Waals surface area contributed by atoms with Crippen molar-refractivity contribution in [2.45, 2.75) is 19.4 Å². The lowest BCUT2D eigenvalue weighted by Crippen LogP contribution is -2.39. The Morgan fingerprint density at radius 1 is 1.03 bits per heavy atom. The van der Waals surface area contributed by atoms with E-state index >= 15 is 0 Å². The summed E-state index contributed by atoms with van der Waals surface area (Å²) >= 11 is 7.39. The largest absolute Gasteiger partial charge is 0.377 e. The molecule has 1 aliphatic heterocycles. The lowest BCUT2D eigenvalue weighted by atomic mass is 9.92. The molecule has 7 heteroatoms. The molecule has 1 N–H and O–H groups in total. The average Bonchev–Trinajstić information content (AvgIpc) is 3.15. The van der Waals surface area contributed by atoms with Gasteiger partial charge in [-0.2, -0.15) is 0 Å². The topological polar surface area (TPSA) is 54.3 Å². The molecule has 0 unspecified atom stereocenters. The maximum atomic E-state index is 12.8. The van der Waals surface area contributed by atoms with Gasteiger partial charge in [0.05, 0.1) is 16.8 Å². The smallest absolute Gasteiger partial charge is 0.308 e. The predicted molar refractivity (Wildman–Crippen MR) is 138 cm³/mol. The van der Waals surface area contributed by atoms with E-state index < -0.39 is 0 Å². The van der Waals surface area contributed by atoms with E-state index in [9.17, 15) is 9.59 Å². The van der Waals surface area contributed by atoms with E-state index in [1.807, 2.05) is 47.0 Å². The van der Waals surface area contributed by atoms with Gasteiger partial charge in [0.15, 0.2) is 5.78 Å². The zero-order valence-corrected chi connectivity index (χ0v) is 19.9.